The maximum absolute atomic E-state index is 13.2. The van der Waals surface area contributed by atoms with Gasteiger partial charge in [-0.1, -0.05) is 37.3 Å². The fraction of sp³-hybridized carbons (Fsp3) is 0.320. The molecule has 1 amide bonds. The number of amides is 1. The number of pyridine rings is 1. The van der Waals surface area contributed by atoms with Gasteiger partial charge in [0.05, 0.1) is 31.6 Å². The first-order chi connectivity index (χ1) is 15.6. The Balaban J connectivity index is 1.81. The lowest BCUT2D eigenvalue weighted by Gasteiger charge is -2.26. The molecule has 0 radical (unpaired) electrons. The number of nitrogens with zero attached hydrogens (tertiary/aromatic N) is 2. The first-order valence-electron chi connectivity index (χ1n) is 10.8. The number of hydrogen-bond acceptors (Lipinski definition) is 5. The molecule has 4 rings (SSSR count). The highest BCUT2D eigenvalue weighted by molar-refractivity contribution is 6.04. The minimum absolute atomic E-state index is 0.0303. The van der Waals surface area contributed by atoms with Crippen LogP contribution in [0.1, 0.15) is 40.5 Å². The van der Waals surface area contributed by atoms with E-state index in [2.05, 4.69) is 9.97 Å². The summed E-state index contributed by atoms with van der Waals surface area (Å²) in [6, 6.07) is 11.9. The van der Waals surface area contributed by atoms with Gasteiger partial charge in [0.25, 0.3) is 0 Å². The van der Waals surface area contributed by atoms with Crippen molar-refractivity contribution in [2.75, 3.05) is 26.9 Å². The number of nitrogens with one attached hydrogen (secondary N) is 1. The third-order valence-electron chi connectivity index (χ3n) is 5.62. The number of fused-ring (bicyclic) bond motifs is 1. The Kier molecular flexibility index (Phi) is 6.66. The lowest BCUT2D eigenvalue weighted by Crippen LogP contribution is -2.39. The van der Waals surface area contributed by atoms with Gasteiger partial charge in [-0.3, -0.25) is 14.6 Å². The summed E-state index contributed by atoms with van der Waals surface area (Å²) < 4.78 is 11.0. The van der Waals surface area contributed by atoms with Gasteiger partial charge in [-0.05, 0) is 17.2 Å². The number of H-pyrrole nitrogens is 1. The molecule has 3 aromatic rings. The highest BCUT2D eigenvalue weighted by Crippen LogP contribution is 2.37. The molecule has 166 valence electrons. The summed E-state index contributed by atoms with van der Waals surface area (Å²) >= 11 is 0. The number of aromatic nitrogens is 2. The number of rotatable bonds is 8. The zero-order valence-corrected chi connectivity index (χ0v) is 18.4. The molecule has 7 nitrogen and oxygen atoms in total. The predicted molar refractivity (Wildman–Crippen MR) is 121 cm³/mol. The molecule has 2 aromatic heterocycles. The molecule has 7 heteroatoms. The van der Waals surface area contributed by atoms with E-state index in [0.717, 1.165) is 28.1 Å². The predicted octanol–water partition coefficient (Wildman–Crippen LogP) is 3.63. The largest absolute Gasteiger partial charge is 0.489 e. The highest BCUT2D eigenvalue weighted by atomic mass is 16.5. The van der Waals surface area contributed by atoms with Gasteiger partial charge in [0, 0.05) is 43.0 Å². The number of benzene rings is 1. The van der Waals surface area contributed by atoms with E-state index in [1.807, 2.05) is 43.3 Å². The van der Waals surface area contributed by atoms with Gasteiger partial charge in [-0.25, -0.2) is 0 Å². The Hall–Kier alpha value is -3.45. The number of aromatic amines is 1. The van der Waals surface area contributed by atoms with Crippen LogP contribution in [-0.4, -0.2) is 53.4 Å². The van der Waals surface area contributed by atoms with Crippen molar-refractivity contribution >= 4 is 11.7 Å². The molecule has 32 heavy (non-hydrogen) atoms. The lowest BCUT2D eigenvalue weighted by atomic mass is 9.93. The molecule has 1 aliphatic rings. The zero-order chi connectivity index (χ0) is 22.5. The van der Waals surface area contributed by atoms with Crippen LogP contribution in [-0.2, 0) is 22.5 Å². The normalized spacial score (nSPS) is 13.2. The molecule has 3 heterocycles. The average molecular weight is 434 g/mol. The third-order valence-corrected chi connectivity index (χ3v) is 5.62. The molecule has 0 saturated carbocycles. The zero-order valence-electron chi connectivity index (χ0n) is 18.4. The van der Waals surface area contributed by atoms with E-state index < -0.39 is 0 Å². The molecular weight excluding hydrogens is 406 g/mol. The van der Waals surface area contributed by atoms with Gasteiger partial charge in [-0.2, -0.15) is 0 Å². The summed E-state index contributed by atoms with van der Waals surface area (Å²) in [7, 11) is 1.62. The molecule has 0 spiro atoms. The fourth-order valence-electron chi connectivity index (χ4n) is 4.09. The number of ether oxygens (including phenoxy) is 2. The minimum atomic E-state index is -0.0441. The Morgan fingerprint density at radius 2 is 1.97 bits per heavy atom. The van der Waals surface area contributed by atoms with Crippen LogP contribution in [0.5, 0.6) is 5.75 Å². The van der Waals surface area contributed by atoms with Crippen LogP contribution < -0.4 is 4.74 Å². The fourth-order valence-corrected chi connectivity index (χ4v) is 4.09. The van der Waals surface area contributed by atoms with E-state index in [4.69, 9.17) is 9.47 Å². The second-order valence-electron chi connectivity index (χ2n) is 7.73. The topological polar surface area (TPSA) is 84.5 Å². The number of hydrogen-bond donors (Lipinski definition) is 1. The number of methoxy groups -OCH3 is 1. The van der Waals surface area contributed by atoms with Crippen LogP contribution in [0.25, 0.3) is 11.3 Å². The first kappa shape index (κ1) is 21.8. The molecule has 0 bridgehead atoms. The van der Waals surface area contributed by atoms with E-state index in [-0.39, 0.29) is 18.2 Å². The van der Waals surface area contributed by atoms with E-state index in [1.54, 1.807) is 24.4 Å². The number of ketones is 1. The summed E-state index contributed by atoms with van der Waals surface area (Å²) in [5, 5.41) is 0. The van der Waals surface area contributed by atoms with Crippen LogP contribution in [0.3, 0.4) is 0 Å². The molecule has 1 aromatic carbocycles. The molecule has 0 unspecified atom stereocenters. The van der Waals surface area contributed by atoms with Crippen molar-refractivity contribution in [1.29, 1.82) is 0 Å². The number of carbonyl (C=O) groups is 2. The smallest absolute Gasteiger partial charge is 0.223 e. The molecule has 1 aliphatic heterocycles. The van der Waals surface area contributed by atoms with Crippen LogP contribution >= 0.6 is 0 Å². The van der Waals surface area contributed by atoms with Crippen molar-refractivity contribution in [3.63, 3.8) is 0 Å². The van der Waals surface area contributed by atoms with Gasteiger partial charge >= 0.3 is 0 Å². The third kappa shape index (κ3) is 4.43. The van der Waals surface area contributed by atoms with Crippen molar-refractivity contribution < 1.29 is 19.1 Å². The molecule has 0 fully saturated rings. The second kappa shape index (κ2) is 9.78. The Morgan fingerprint density at radius 1 is 1.16 bits per heavy atom. The van der Waals surface area contributed by atoms with E-state index >= 15 is 0 Å². The van der Waals surface area contributed by atoms with Crippen LogP contribution in [0.15, 0.2) is 48.8 Å². The van der Waals surface area contributed by atoms with Crippen molar-refractivity contribution in [3.05, 3.63) is 71.2 Å². The second-order valence-corrected chi connectivity index (χ2v) is 7.73. The van der Waals surface area contributed by atoms with Crippen LogP contribution in [0.4, 0.5) is 0 Å². The summed E-state index contributed by atoms with van der Waals surface area (Å²) in [5.74, 6) is 0.543. The van der Waals surface area contributed by atoms with Crippen LogP contribution in [0, 0.1) is 0 Å². The molecule has 0 aliphatic carbocycles. The monoisotopic (exact) mass is 433 g/mol. The van der Waals surface area contributed by atoms with Crippen molar-refractivity contribution in [1.82, 2.24) is 14.9 Å². The van der Waals surface area contributed by atoms with E-state index in [1.165, 1.54) is 0 Å². The Bertz CT molecular complexity index is 1110. The highest BCUT2D eigenvalue weighted by Gasteiger charge is 2.32. The quantitative estimate of drug-likeness (QED) is 0.549. The van der Waals surface area contributed by atoms with Gasteiger partial charge < -0.3 is 19.4 Å². The van der Waals surface area contributed by atoms with Crippen LogP contribution in [0.2, 0.25) is 0 Å². The van der Waals surface area contributed by atoms with Crippen molar-refractivity contribution in [2.24, 2.45) is 0 Å². The SMILES string of the molecule is CCC(=O)N1CC(=O)c2c([nH]c(-c3ccncc3OCCOC)c2Cc2ccccc2)C1. The van der Waals surface area contributed by atoms with Gasteiger partial charge in [0.1, 0.15) is 12.4 Å². The van der Waals surface area contributed by atoms with E-state index in [0.29, 0.717) is 43.9 Å². The number of carbonyl (C=O) groups excluding carboxylic acids is 2. The lowest BCUT2D eigenvalue weighted by molar-refractivity contribution is -0.131. The number of Topliss-reactive ketones (excluding diaryl/α,β-unsaturated/α-hetero) is 1. The Labute approximate surface area is 187 Å². The standard InChI is InChI=1S/C25H27N3O4/c1-3-23(30)28-15-20-24(21(29)16-28)19(13-17-7-5-4-6-8-17)25(27-20)18-9-10-26-14-22(18)32-12-11-31-2/h4-10,14,27H,3,11-13,15-16H2,1-2H3. The molecule has 0 saturated heterocycles. The van der Waals surface area contributed by atoms with Gasteiger partial charge in [0.15, 0.2) is 5.78 Å². The maximum atomic E-state index is 13.2. The first-order valence-corrected chi connectivity index (χ1v) is 10.8. The molecule has 1 N–H and O–H groups in total. The molecule has 0 atom stereocenters. The summed E-state index contributed by atoms with van der Waals surface area (Å²) in [6.07, 6.45) is 4.34. The van der Waals surface area contributed by atoms with E-state index in [9.17, 15) is 9.59 Å². The average Bonchev–Trinajstić information content (AvgIpc) is 3.18. The van der Waals surface area contributed by atoms with Crippen molar-refractivity contribution in [2.45, 2.75) is 26.3 Å². The summed E-state index contributed by atoms with van der Waals surface area (Å²) in [5.41, 5.74) is 5.13. The van der Waals surface area contributed by atoms with Gasteiger partial charge in [-0.15, -0.1) is 0 Å². The minimum Gasteiger partial charge on any atom is -0.489 e. The van der Waals surface area contributed by atoms with Gasteiger partial charge in [0.2, 0.25) is 5.91 Å². The Morgan fingerprint density at radius 3 is 2.72 bits per heavy atom. The maximum Gasteiger partial charge on any atom is 0.223 e. The summed E-state index contributed by atoms with van der Waals surface area (Å²) in [4.78, 5) is 34.8. The summed E-state index contributed by atoms with van der Waals surface area (Å²) in [6.45, 7) is 3.15. The molecular formula is C25H27N3O4. The van der Waals surface area contributed by atoms with Crippen molar-refractivity contribution in [3.8, 4) is 17.0 Å².